The van der Waals surface area contributed by atoms with Gasteiger partial charge in [-0.1, -0.05) is 6.42 Å². The monoisotopic (exact) mass is 449 g/mol. The van der Waals surface area contributed by atoms with Crippen molar-refractivity contribution < 1.29 is 9.47 Å². The van der Waals surface area contributed by atoms with E-state index in [1.165, 1.54) is 25.7 Å². The molecule has 2 N–H and O–H groups in total. The highest BCUT2D eigenvalue weighted by molar-refractivity contribution is 14.0. The van der Waals surface area contributed by atoms with E-state index in [-0.39, 0.29) is 29.6 Å². The minimum absolute atomic E-state index is 0. The molecule has 0 aromatic carbocycles. The van der Waals surface area contributed by atoms with Crippen LogP contribution in [0.25, 0.3) is 0 Å². The van der Waals surface area contributed by atoms with E-state index in [1.54, 1.807) is 0 Å². The Labute approximate surface area is 162 Å². The van der Waals surface area contributed by atoms with Crippen molar-refractivity contribution in [2.75, 3.05) is 26.3 Å². The average Bonchev–Trinajstić information content (AvgIpc) is 3.09. The molecule has 1 spiro atoms. The molecule has 0 aromatic rings. The van der Waals surface area contributed by atoms with Crippen LogP contribution in [0.4, 0.5) is 0 Å². The van der Waals surface area contributed by atoms with E-state index in [0.29, 0.717) is 23.5 Å². The minimum Gasteiger partial charge on any atom is -0.377 e. The third-order valence-corrected chi connectivity index (χ3v) is 6.54. The minimum atomic E-state index is -0.0743. The van der Waals surface area contributed by atoms with Gasteiger partial charge in [-0.05, 0) is 46.0 Å². The fourth-order valence-corrected chi connectivity index (χ4v) is 5.13. The first kappa shape index (κ1) is 18.7. The SMILES string of the molecule is CCNC(=NCC1(C)CCCO1)NC1C2CCOC2C12CCC2.I. The maximum Gasteiger partial charge on any atom is 0.191 e. The summed E-state index contributed by atoms with van der Waals surface area (Å²) in [5, 5.41) is 7.19. The van der Waals surface area contributed by atoms with Gasteiger partial charge in [0.2, 0.25) is 0 Å². The predicted octanol–water partition coefficient (Wildman–Crippen LogP) is 2.69. The molecule has 4 fully saturated rings. The van der Waals surface area contributed by atoms with Crippen LogP contribution >= 0.6 is 24.0 Å². The zero-order valence-electron chi connectivity index (χ0n) is 15.0. The molecule has 0 aromatic heterocycles. The van der Waals surface area contributed by atoms with Crippen LogP contribution in [0.3, 0.4) is 0 Å². The predicted molar refractivity (Wildman–Crippen MR) is 106 cm³/mol. The van der Waals surface area contributed by atoms with Crippen LogP contribution in [-0.4, -0.2) is 50.0 Å². The maximum atomic E-state index is 6.02. The van der Waals surface area contributed by atoms with Crippen LogP contribution in [0.2, 0.25) is 0 Å². The highest BCUT2D eigenvalue weighted by Crippen LogP contribution is 2.62. The lowest BCUT2D eigenvalue weighted by Gasteiger charge is -2.63. The number of nitrogens with one attached hydrogen (secondary N) is 2. The number of ether oxygens (including phenoxy) is 2. The summed E-state index contributed by atoms with van der Waals surface area (Å²) in [7, 11) is 0. The smallest absolute Gasteiger partial charge is 0.191 e. The Morgan fingerprint density at radius 3 is 2.67 bits per heavy atom. The quantitative estimate of drug-likeness (QED) is 0.394. The molecule has 4 rings (SSSR count). The highest BCUT2D eigenvalue weighted by Gasteiger charge is 2.66. The Balaban J connectivity index is 0.00000169. The summed E-state index contributed by atoms with van der Waals surface area (Å²) in [4.78, 5) is 4.86. The van der Waals surface area contributed by atoms with E-state index < -0.39 is 0 Å². The normalized spacial score (nSPS) is 39.6. The molecular formula is C18H32IN3O2. The molecule has 4 atom stereocenters. The molecule has 2 heterocycles. The van der Waals surface area contributed by atoms with Crippen molar-refractivity contribution in [3.63, 3.8) is 0 Å². The molecule has 0 radical (unpaired) electrons. The number of aliphatic imine (C=N–C) groups is 1. The Bertz CT molecular complexity index is 475. The zero-order chi connectivity index (χ0) is 15.9. The van der Waals surface area contributed by atoms with E-state index >= 15 is 0 Å². The Morgan fingerprint density at radius 1 is 1.21 bits per heavy atom. The molecule has 5 nitrogen and oxygen atoms in total. The number of guanidine groups is 1. The summed E-state index contributed by atoms with van der Waals surface area (Å²) in [6, 6.07) is 0.541. The van der Waals surface area contributed by atoms with Crippen molar-refractivity contribution >= 4 is 29.9 Å². The summed E-state index contributed by atoms with van der Waals surface area (Å²) in [6.45, 7) is 7.77. The zero-order valence-corrected chi connectivity index (χ0v) is 17.3. The van der Waals surface area contributed by atoms with Crippen molar-refractivity contribution in [3.05, 3.63) is 0 Å². The van der Waals surface area contributed by atoms with Crippen molar-refractivity contribution in [2.24, 2.45) is 16.3 Å². The van der Waals surface area contributed by atoms with Crippen LogP contribution in [-0.2, 0) is 9.47 Å². The Kier molecular flexibility index (Phi) is 5.67. The lowest BCUT2D eigenvalue weighted by Crippen LogP contribution is -2.72. The van der Waals surface area contributed by atoms with Gasteiger partial charge in [-0.15, -0.1) is 24.0 Å². The molecule has 138 valence electrons. The second kappa shape index (κ2) is 7.27. The van der Waals surface area contributed by atoms with Gasteiger partial charge in [-0.2, -0.15) is 0 Å². The number of rotatable bonds is 4. The summed E-state index contributed by atoms with van der Waals surface area (Å²) in [5.74, 6) is 1.64. The molecule has 2 saturated heterocycles. The van der Waals surface area contributed by atoms with E-state index in [4.69, 9.17) is 14.5 Å². The second-order valence-corrected chi connectivity index (χ2v) is 8.05. The van der Waals surface area contributed by atoms with Gasteiger partial charge >= 0.3 is 0 Å². The van der Waals surface area contributed by atoms with Crippen LogP contribution < -0.4 is 10.6 Å². The van der Waals surface area contributed by atoms with Gasteiger partial charge in [0.25, 0.3) is 0 Å². The molecule has 2 saturated carbocycles. The first-order valence-electron chi connectivity index (χ1n) is 9.47. The number of fused-ring (bicyclic) bond motifs is 2. The summed E-state index contributed by atoms with van der Waals surface area (Å²) < 4.78 is 11.9. The molecular weight excluding hydrogens is 417 g/mol. The van der Waals surface area contributed by atoms with Gasteiger partial charge in [-0.3, -0.25) is 4.99 Å². The van der Waals surface area contributed by atoms with E-state index in [2.05, 4.69) is 24.5 Å². The second-order valence-electron chi connectivity index (χ2n) is 8.05. The van der Waals surface area contributed by atoms with E-state index in [0.717, 1.165) is 45.1 Å². The first-order valence-corrected chi connectivity index (χ1v) is 9.47. The molecule has 2 aliphatic heterocycles. The van der Waals surface area contributed by atoms with Gasteiger partial charge in [0.1, 0.15) is 0 Å². The lowest BCUT2D eigenvalue weighted by molar-refractivity contribution is -0.171. The summed E-state index contributed by atoms with van der Waals surface area (Å²) in [5.41, 5.74) is 0.320. The van der Waals surface area contributed by atoms with Gasteiger partial charge in [-0.25, -0.2) is 0 Å². The average molecular weight is 449 g/mol. The summed E-state index contributed by atoms with van der Waals surface area (Å²) >= 11 is 0. The largest absolute Gasteiger partial charge is 0.377 e. The maximum absolute atomic E-state index is 6.02. The number of hydrogen-bond donors (Lipinski definition) is 2. The molecule has 24 heavy (non-hydrogen) atoms. The fourth-order valence-electron chi connectivity index (χ4n) is 5.13. The standard InChI is InChI=1S/C18H31N3O2.HI/c1-3-19-16(20-12-17(2)7-5-10-23-17)21-14-13-6-11-22-15(13)18(14)8-4-9-18;/h13-15H,3-12H2,1-2H3,(H2,19,20,21);1H. The molecule has 6 heteroatoms. The molecule has 0 bridgehead atoms. The molecule has 4 unspecified atom stereocenters. The number of halogens is 1. The van der Waals surface area contributed by atoms with Gasteiger partial charge in [0.05, 0.1) is 18.2 Å². The van der Waals surface area contributed by atoms with E-state index in [9.17, 15) is 0 Å². The number of nitrogens with zero attached hydrogens (tertiary/aromatic N) is 1. The van der Waals surface area contributed by atoms with Crippen LogP contribution in [0.1, 0.15) is 52.4 Å². The van der Waals surface area contributed by atoms with Crippen LogP contribution in [0, 0.1) is 11.3 Å². The van der Waals surface area contributed by atoms with Gasteiger partial charge in [0, 0.05) is 37.1 Å². The van der Waals surface area contributed by atoms with Gasteiger partial charge < -0.3 is 20.1 Å². The molecule has 4 aliphatic rings. The fraction of sp³-hybridized carbons (Fsp3) is 0.944. The third kappa shape index (κ3) is 3.07. The van der Waals surface area contributed by atoms with Crippen molar-refractivity contribution in [1.29, 1.82) is 0 Å². The Hall–Kier alpha value is -0.0800. The summed E-state index contributed by atoms with van der Waals surface area (Å²) in [6.07, 6.45) is 7.95. The lowest BCUT2D eigenvalue weighted by atomic mass is 9.46. The topological polar surface area (TPSA) is 54.9 Å². The van der Waals surface area contributed by atoms with E-state index in [1.807, 2.05) is 0 Å². The number of hydrogen-bond acceptors (Lipinski definition) is 3. The van der Waals surface area contributed by atoms with Crippen LogP contribution in [0.15, 0.2) is 4.99 Å². The molecule has 2 aliphatic carbocycles. The highest BCUT2D eigenvalue weighted by atomic mass is 127. The third-order valence-electron chi connectivity index (χ3n) is 6.54. The molecule has 0 amide bonds. The Morgan fingerprint density at radius 2 is 2.04 bits per heavy atom. The first-order chi connectivity index (χ1) is 11.2. The van der Waals surface area contributed by atoms with Crippen molar-refractivity contribution in [1.82, 2.24) is 10.6 Å². The van der Waals surface area contributed by atoms with Gasteiger partial charge in [0.15, 0.2) is 5.96 Å². The van der Waals surface area contributed by atoms with Crippen molar-refractivity contribution in [2.45, 2.75) is 70.1 Å². The van der Waals surface area contributed by atoms with Crippen LogP contribution in [0.5, 0.6) is 0 Å². The van der Waals surface area contributed by atoms with Crippen molar-refractivity contribution in [3.8, 4) is 0 Å².